The summed E-state index contributed by atoms with van der Waals surface area (Å²) in [5, 5.41) is 16.3. The number of amides is 2. The van der Waals surface area contributed by atoms with Crippen LogP contribution < -0.4 is 5.73 Å². The molecule has 17 heavy (non-hydrogen) atoms. The Morgan fingerprint density at radius 2 is 2.18 bits per heavy atom. The molecule has 1 rings (SSSR count). The van der Waals surface area contributed by atoms with E-state index in [2.05, 4.69) is 10.2 Å². The van der Waals surface area contributed by atoms with Crippen molar-refractivity contribution >= 4 is 34.3 Å². The van der Waals surface area contributed by atoms with Crippen LogP contribution in [0.4, 0.5) is 10.5 Å². The summed E-state index contributed by atoms with van der Waals surface area (Å²) in [6.07, 6.45) is 3.21. The van der Waals surface area contributed by atoms with Crippen LogP contribution in [-0.4, -0.2) is 27.9 Å². The SMILES string of the molecule is CSc1cc(O)cc(S(C)=O)c1N=NC(N)=O. The quantitative estimate of drug-likeness (QED) is 0.649. The number of primary amides is 1. The molecule has 0 heterocycles. The lowest BCUT2D eigenvalue weighted by Crippen LogP contribution is -2.02. The van der Waals surface area contributed by atoms with E-state index < -0.39 is 16.8 Å². The lowest BCUT2D eigenvalue weighted by molar-refractivity contribution is 0.255. The first-order chi connectivity index (χ1) is 7.95. The molecule has 2 amide bonds. The second kappa shape index (κ2) is 5.78. The number of hydrogen-bond acceptors (Lipinski definition) is 5. The van der Waals surface area contributed by atoms with Gasteiger partial charge in [0.05, 0.1) is 15.7 Å². The van der Waals surface area contributed by atoms with Gasteiger partial charge in [-0.2, -0.15) is 0 Å². The van der Waals surface area contributed by atoms with Crippen LogP contribution >= 0.6 is 11.8 Å². The monoisotopic (exact) mass is 273 g/mol. The van der Waals surface area contributed by atoms with E-state index in [1.54, 1.807) is 6.26 Å². The van der Waals surface area contributed by atoms with Gasteiger partial charge in [-0.15, -0.1) is 16.9 Å². The molecule has 0 radical (unpaired) electrons. The minimum Gasteiger partial charge on any atom is -0.508 e. The zero-order valence-electron chi connectivity index (χ0n) is 9.21. The number of hydrogen-bond donors (Lipinski definition) is 2. The van der Waals surface area contributed by atoms with Crippen molar-refractivity contribution in [2.75, 3.05) is 12.5 Å². The molecule has 1 atom stereocenters. The Labute approximate surface area is 105 Å². The van der Waals surface area contributed by atoms with Crippen LogP contribution in [0.5, 0.6) is 5.75 Å². The van der Waals surface area contributed by atoms with Gasteiger partial charge in [0.25, 0.3) is 0 Å². The first-order valence-electron chi connectivity index (χ1n) is 4.41. The predicted molar refractivity (Wildman–Crippen MR) is 66.3 cm³/mol. The topological polar surface area (TPSA) is 105 Å². The van der Waals surface area contributed by atoms with E-state index in [9.17, 15) is 14.1 Å². The third-order valence-corrected chi connectivity index (χ3v) is 3.48. The lowest BCUT2D eigenvalue weighted by Gasteiger charge is -2.07. The molecule has 0 saturated heterocycles. The zero-order chi connectivity index (χ0) is 13.0. The summed E-state index contributed by atoms with van der Waals surface area (Å²) < 4.78 is 11.5. The van der Waals surface area contributed by atoms with Gasteiger partial charge in [0.2, 0.25) is 0 Å². The minimum absolute atomic E-state index is 0.0161. The number of phenolic OH excluding ortho intramolecular Hbond substituents is 1. The molecular formula is C9H11N3O3S2. The van der Waals surface area contributed by atoms with Crippen LogP contribution in [0.1, 0.15) is 0 Å². The van der Waals surface area contributed by atoms with Crippen molar-refractivity contribution in [3.05, 3.63) is 12.1 Å². The molecule has 0 aliphatic carbocycles. The van der Waals surface area contributed by atoms with Gasteiger partial charge in [-0.05, 0) is 18.4 Å². The van der Waals surface area contributed by atoms with Crippen molar-refractivity contribution in [3.63, 3.8) is 0 Å². The molecule has 0 spiro atoms. The van der Waals surface area contributed by atoms with Crippen LogP contribution in [-0.2, 0) is 10.8 Å². The fourth-order valence-corrected chi connectivity index (χ4v) is 2.50. The van der Waals surface area contributed by atoms with Gasteiger partial charge in [-0.3, -0.25) is 4.21 Å². The Kier molecular flexibility index (Phi) is 4.64. The maximum atomic E-state index is 11.5. The van der Waals surface area contributed by atoms with Crippen LogP contribution in [0.25, 0.3) is 0 Å². The van der Waals surface area contributed by atoms with Gasteiger partial charge in [-0.1, -0.05) is 5.11 Å². The van der Waals surface area contributed by atoms with Crippen molar-refractivity contribution in [1.82, 2.24) is 0 Å². The average molecular weight is 273 g/mol. The zero-order valence-corrected chi connectivity index (χ0v) is 10.8. The number of nitrogens with zero attached hydrogens (tertiary/aromatic N) is 2. The molecule has 0 bridgehead atoms. The first-order valence-corrected chi connectivity index (χ1v) is 7.19. The molecule has 0 aliphatic heterocycles. The number of azo groups is 1. The summed E-state index contributed by atoms with van der Waals surface area (Å²) in [4.78, 5) is 11.4. The number of nitrogens with two attached hydrogens (primary N) is 1. The van der Waals surface area contributed by atoms with Crippen LogP contribution in [0.3, 0.4) is 0 Å². The number of rotatable bonds is 3. The standard InChI is InChI=1S/C9H11N3O3S2/c1-16-6-3-5(13)4-7(17(2)15)8(6)11-12-9(10)14/h3-4,13H,1-2H3,(H2,10,14). The molecule has 0 saturated carbocycles. The molecule has 3 N–H and O–H groups in total. The second-order valence-corrected chi connectivity index (χ2v) is 5.18. The van der Waals surface area contributed by atoms with E-state index in [1.807, 2.05) is 0 Å². The first kappa shape index (κ1) is 13.7. The Balaban J connectivity index is 3.41. The van der Waals surface area contributed by atoms with Gasteiger partial charge in [0.1, 0.15) is 11.4 Å². The largest absolute Gasteiger partial charge is 0.508 e. The van der Waals surface area contributed by atoms with Crippen LogP contribution in [0, 0.1) is 0 Å². The normalized spacial score (nSPS) is 12.8. The summed E-state index contributed by atoms with van der Waals surface area (Å²) in [6, 6.07) is 1.85. The van der Waals surface area contributed by atoms with Crippen molar-refractivity contribution in [3.8, 4) is 5.75 Å². The van der Waals surface area contributed by atoms with Crippen molar-refractivity contribution in [2.24, 2.45) is 16.0 Å². The average Bonchev–Trinajstić information content (AvgIpc) is 2.25. The highest BCUT2D eigenvalue weighted by Crippen LogP contribution is 2.37. The molecule has 0 aromatic heterocycles. The molecule has 0 aliphatic rings. The number of benzene rings is 1. The fraction of sp³-hybridized carbons (Fsp3) is 0.222. The summed E-state index contributed by atoms with van der Waals surface area (Å²) in [6.45, 7) is 0. The molecule has 92 valence electrons. The number of carbonyl (C=O) groups excluding carboxylic acids is 1. The molecule has 0 fully saturated rings. The van der Waals surface area contributed by atoms with E-state index >= 15 is 0 Å². The maximum Gasteiger partial charge on any atom is 0.356 e. The summed E-state index contributed by atoms with van der Waals surface area (Å²) in [7, 11) is -1.36. The fourth-order valence-electron chi connectivity index (χ4n) is 1.14. The van der Waals surface area contributed by atoms with Crippen molar-refractivity contribution in [2.45, 2.75) is 9.79 Å². The third-order valence-electron chi connectivity index (χ3n) is 1.80. The van der Waals surface area contributed by atoms with E-state index in [0.717, 1.165) is 0 Å². The Hall–Kier alpha value is -1.41. The lowest BCUT2D eigenvalue weighted by atomic mass is 10.3. The maximum absolute atomic E-state index is 11.5. The van der Waals surface area contributed by atoms with E-state index in [1.165, 1.54) is 30.2 Å². The molecular weight excluding hydrogens is 262 g/mol. The Bertz CT molecular complexity index is 503. The van der Waals surface area contributed by atoms with Gasteiger partial charge >= 0.3 is 6.03 Å². The van der Waals surface area contributed by atoms with Gasteiger partial charge in [0, 0.05) is 11.2 Å². The number of thioether (sulfide) groups is 1. The molecule has 1 unspecified atom stereocenters. The smallest absolute Gasteiger partial charge is 0.356 e. The highest BCUT2D eigenvalue weighted by atomic mass is 32.2. The Morgan fingerprint density at radius 1 is 1.53 bits per heavy atom. The second-order valence-electron chi connectivity index (χ2n) is 2.99. The molecule has 1 aromatic rings. The Morgan fingerprint density at radius 3 is 2.65 bits per heavy atom. The number of urea groups is 1. The van der Waals surface area contributed by atoms with E-state index in [0.29, 0.717) is 9.79 Å². The predicted octanol–water partition coefficient (Wildman–Crippen LogP) is 2.01. The third kappa shape index (κ3) is 3.53. The van der Waals surface area contributed by atoms with Crippen LogP contribution in [0.2, 0.25) is 0 Å². The number of carbonyl (C=O) groups is 1. The molecule has 6 nitrogen and oxygen atoms in total. The van der Waals surface area contributed by atoms with E-state index in [4.69, 9.17) is 5.73 Å². The summed E-state index contributed by atoms with van der Waals surface area (Å²) in [5.41, 5.74) is 5.14. The highest BCUT2D eigenvalue weighted by molar-refractivity contribution is 7.98. The number of phenols is 1. The minimum atomic E-state index is -1.36. The molecule has 8 heteroatoms. The molecule has 1 aromatic carbocycles. The van der Waals surface area contributed by atoms with Crippen molar-refractivity contribution in [1.29, 1.82) is 0 Å². The highest BCUT2D eigenvalue weighted by Gasteiger charge is 2.13. The number of aromatic hydroxyl groups is 1. The van der Waals surface area contributed by atoms with Gasteiger partial charge in [0.15, 0.2) is 0 Å². The van der Waals surface area contributed by atoms with Crippen molar-refractivity contribution < 1.29 is 14.1 Å². The van der Waals surface area contributed by atoms with Crippen LogP contribution in [0.15, 0.2) is 32.2 Å². The van der Waals surface area contributed by atoms with Gasteiger partial charge in [-0.25, -0.2) is 4.79 Å². The summed E-state index contributed by atoms with van der Waals surface area (Å²) >= 11 is 1.29. The summed E-state index contributed by atoms with van der Waals surface area (Å²) in [5.74, 6) is -0.0161. The van der Waals surface area contributed by atoms with E-state index in [-0.39, 0.29) is 11.4 Å². The van der Waals surface area contributed by atoms with Gasteiger partial charge < -0.3 is 10.8 Å².